The number of nitrogens with zero attached hydrogens (tertiary/aromatic N) is 1. The average molecular weight is 263 g/mol. The van der Waals surface area contributed by atoms with Gasteiger partial charge in [-0.2, -0.15) is 4.39 Å². The maximum absolute atomic E-state index is 13.2. The number of carbonyl (C=O) groups is 1. The molecule has 1 aromatic rings. The summed E-state index contributed by atoms with van der Waals surface area (Å²) in [5.41, 5.74) is 3.52. The Kier molecular flexibility index (Phi) is 2.86. The molecule has 0 aliphatic rings. The molecule has 0 radical (unpaired) electrons. The molecule has 0 fully saturated rings. The Morgan fingerprint density at radius 1 is 1.79 bits per heavy atom. The minimum Gasteiger partial charge on any atom is -0.480 e. The number of pyridine rings is 1. The van der Waals surface area contributed by atoms with Gasteiger partial charge in [0.25, 0.3) is 0 Å². The maximum Gasteiger partial charge on any atom is 0.328 e. The van der Waals surface area contributed by atoms with E-state index in [1.165, 1.54) is 19.2 Å². The molecule has 76 valence electrons. The molecule has 0 saturated heterocycles. The fourth-order valence-electron chi connectivity index (χ4n) is 0.902. The predicted octanol–water partition coefficient (Wildman–Crippen LogP) is 1.24. The van der Waals surface area contributed by atoms with Gasteiger partial charge in [-0.15, -0.1) is 0 Å². The van der Waals surface area contributed by atoms with E-state index in [0.29, 0.717) is 4.47 Å². The monoisotopic (exact) mass is 262 g/mol. The number of nitrogens with two attached hydrogens (primary N) is 1. The molecule has 0 amide bonds. The highest BCUT2D eigenvalue weighted by Crippen LogP contribution is 2.23. The molecule has 3 N–H and O–H groups in total. The minimum atomic E-state index is -1.78. The first-order chi connectivity index (χ1) is 6.35. The smallest absolute Gasteiger partial charge is 0.328 e. The summed E-state index contributed by atoms with van der Waals surface area (Å²) in [6.07, 6.45) is 1.23. The maximum atomic E-state index is 13.2. The van der Waals surface area contributed by atoms with Crippen molar-refractivity contribution in [3.63, 3.8) is 0 Å². The number of aromatic nitrogens is 1. The number of rotatable bonds is 2. The molecule has 0 spiro atoms. The molecule has 6 heteroatoms. The average Bonchev–Trinajstić information content (AvgIpc) is 2.08. The zero-order valence-electron chi connectivity index (χ0n) is 7.29. The molecular weight excluding hydrogens is 255 g/mol. The van der Waals surface area contributed by atoms with Crippen LogP contribution in [-0.2, 0) is 10.3 Å². The van der Waals surface area contributed by atoms with Gasteiger partial charge in [0.1, 0.15) is 5.54 Å². The number of hydrogen-bond acceptors (Lipinski definition) is 3. The van der Waals surface area contributed by atoms with Crippen molar-refractivity contribution in [2.24, 2.45) is 5.73 Å². The van der Waals surface area contributed by atoms with Crippen molar-refractivity contribution in [3.05, 3.63) is 28.2 Å². The molecule has 14 heavy (non-hydrogen) atoms. The highest BCUT2D eigenvalue weighted by Gasteiger charge is 2.33. The molecule has 0 bridgehead atoms. The number of hydrogen-bond donors (Lipinski definition) is 2. The fraction of sp³-hybridized carbons (Fsp3) is 0.250. The first-order valence-electron chi connectivity index (χ1n) is 3.69. The van der Waals surface area contributed by atoms with Crippen molar-refractivity contribution in [3.8, 4) is 0 Å². The Labute approximate surface area is 88.1 Å². The molecule has 1 heterocycles. The van der Waals surface area contributed by atoms with Crippen molar-refractivity contribution in [2.75, 3.05) is 0 Å². The van der Waals surface area contributed by atoms with Crippen LogP contribution >= 0.6 is 15.9 Å². The first-order valence-corrected chi connectivity index (χ1v) is 4.49. The molecule has 1 atom stereocenters. The Morgan fingerprint density at radius 2 is 2.36 bits per heavy atom. The van der Waals surface area contributed by atoms with Gasteiger partial charge in [-0.3, -0.25) is 0 Å². The van der Waals surface area contributed by atoms with Gasteiger partial charge in [-0.25, -0.2) is 9.78 Å². The summed E-state index contributed by atoms with van der Waals surface area (Å²) in [5, 5.41) is 8.78. The SMILES string of the molecule is C[C@@](N)(C(=O)O)c1cc(Br)cnc1F. The van der Waals surface area contributed by atoms with Crippen LogP contribution < -0.4 is 5.73 Å². The summed E-state index contributed by atoms with van der Waals surface area (Å²) in [5.74, 6) is -2.18. The third-order valence-electron chi connectivity index (χ3n) is 1.81. The second-order valence-corrected chi connectivity index (χ2v) is 3.92. The van der Waals surface area contributed by atoms with Crippen LogP contribution in [0.1, 0.15) is 12.5 Å². The molecule has 1 rings (SSSR count). The number of carboxylic acid groups (broad SMARTS) is 1. The molecule has 0 aliphatic heterocycles. The van der Waals surface area contributed by atoms with Crippen LogP contribution in [0.5, 0.6) is 0 Å². The first kappa shape index (κ1) is 11.1. The molecule has 0 aromatic carbocycles. The van der Waals surface area contributed by atoms with Crippen LogP contribution in [0, 0.1) is 5.95 Å². The van der Waals surface area contributed by atoms with Gasteiger partial charge < -0.3 is 10.8 Å². The largest absolute Gasteiger partial charge is 0.480 e. The van der Waals surface area contributed by atoms with E-state index in [4.69, 9.17) is 10.8 Å². The molecule has 0 saturated carbocycles. The van der Waals surface area contributed by atoms with E-state index in [1.807, 2.05) is 0 Å². The second-order valence-electron chi connectivity index (χ2n) is 3.00. The molecular formula is C8H8BrFN2O2. The van der Waals surface area contributed by atoms with E-state index >= 15 is 0 Å². The molecule has 1 aromatic heterocycles. The molecule has 4 nitrogen and oxygen atoms in total. The Hall–Kier alpha value is -1.01. The quantitative estimate of drug-likeness (QED) is 0.787. The summed E-state index contributed by atoms with van der Waals surface area (Å²) in [7, 11) is 0. The van der Waals surface area contributed by atoms with E-state index in [-0.39, 0.29) is 5.56 Å². The molecule has 0 aliphatic carbocycles. The van der Waals surface area contributed by atoms with E-state index < -0.39 is 17.5 Å². The zero-order chi connectivity index (χ0) is 10.9. The summed E-state index contributed by atoms with van der Waals surface area (Å²) in [6.45, 7) is 1.21. The van der Waals surface area contributed by atoms with Crippen molar-refractivity contribution in [1.82, 2.24) is 4.98 Å². The van der Waals surface area contributed by atoms with Crippen LogP contribution in [0.2, 0.25) is 0 Å². The Morgan fingerprint density at radius 3 is 2.86 bits per heavy atom. The highest BCUT2D eigenvalue weighted by molar-refractivity contribution is 9.10. The van der Waals surface area contributed by atoms with Gasteiger partial charge in [-0.05, 0) is 28.9 Å². The lowest BCUT2D eigenvalue weighted by Gasteiger charge is -2.19. The topological polar surface area (TPSA) is 76.2 Å². The minimum absolute atomic E-state index is 0.153. The van der Waals surface area contributed by atoms with Crippen molar-refractivity contribution >= 4 is 21.9 Å². The zero-order valence-corrected chi connectivity index (χ0v) is 8.88. The Bertz CT molecular complexity index is 382. The summed E-state index contributed by atoms with van der Waals surface area (Å²) >= 11 is 3.06. The third-order valence-corrected chi connectivity index (χ3v) is 2.24. The van der Waals surface area contributed by atoms with E-state index in [2.05, 4.69) is 20.9 Å². The van der Waals surface area contributed by atoms with Crippen LogP contribution in [0.15, 0.2) is 16.7 Å². The summed E-state index contributed by atoms with van der Waals surface area (Å²) < 4.78 is 13.6. The van der Waals surface area contributed by atoms with Gasteiger partial charge in [0.05, 0.1) is 0 Å². The normalized spacial score (nSPS) is 14.9. The van der Waals surface area contributed by atoms with Crippen LogP contribution in [0.3, 0.4) is 0 Å². The fourth-order valence-corrected chi connectivity index (χ4v) is 1.23. The number of aliphatic carboxylic acids is 1. The van der Waals surface area contributed by atoms with Crippen LogP contribution in [0.25, 0.3) is 0 Å². The predicted molar refractivity (Wildman–Crippen MR) is 51.1 cm³/mol. The summed E-state index contributed by atoms with van der Waals surface area (Å²) in [4.78, 5) is 14.1. The lowest BCUT2D eigenvalue weighted by molar-refractivity contribution is -0.143. The van der Waals surface area contributed by atoms with Gasteiger partial charge in [-0.1, -0.05) is 0 Å². The van der Waals surface area contributed by atoms with Gasteiger partial charge in [0.2, 0.25) is 5.95 Å². The molecule has 0 unspecified atom stereocenters. The number of halogens is 2. The van der Waals surface area contributed by atoms with Gasteiger partial charge in [0.15, 0.2) is 0 Å². The highest BCUT2D eigenvalue weighted by atomic mass is 79.9. The van der Waals surface area contributed by atoms with Crippen LogP contribution in [0.4, 0.5) is 4.39 Å². The third kappa shape index (κ3) is 1.91. The van der Waals surface area contributed by atoms with E-state index in [9.17, 15) is 9.18 Å². The van der Waals surface area contributed by atoms with Crippen molar-refractivity contribution in [2.45, 2.75) is 12.5 Å². The second kappa shape index (κ2) is 3.62. The van der Waals surface area contributed by atoms with Gasteiger partial charge >= 0.3 is 5.97 Å². The standard InChI is InChI=1S/C8H8BrFN2O2/c1-8(11,7(13)14)5-2-4(9)3-12-6(5)10/h2-3H,11H2,1H3,(H,13,14)/t8-/m0/s1. The van der Waals surface area contributed by atoms with Gasteiger partial charge in [0, 0.05) is 16.2 Å². The van der Waals surface area contributed by atoms with E-state index in [1.54, 1.807) is 0 Å². The summed E-state index contributed by atoms with van der Waals surface area (Å²) in [6, 6.07) is 1.30. The number of carboxylic acids is 1. The lowest BCUT2D eigenvalue weighted by Crippen LogP contribution is -2.42. The van der Waals surface area contributed by atoms with Crippen molar-refractivity contribution in [1.29, 1.82) is 0 Å². The van der Waals surface area contributed by atoms with Crippen LogP contribution in [-0.4, -0.2) is 16.1 Å². The van der Waals surface area contributed by atoms with E-state index in [0.717, 1.165) is 0 Å². The van der Waals surface area contributed by atoms with Crippen molar-refractivity contribution < 1.29 is 14.3 Å². The Balaban J connectivity index is 3.31. The lowest BCUT2D eigenvalue weighted by atomic mass is 9.95.